The molecule has 3 heterocycles. The molecule has 0 saturated carbocycles. The minimum atomic E-state index is -1.40. The fourth-order valence-corrected chi connectivity index (χ4v) is 7.84. The van der Waals surface area contributed by atoms with Gasteiger partial charge in [0.2, 0.25) is 23.6 Å². The number of hydrogen-bond acceptors (Lipinski definition) is 9. The van der Waals surface area contributed by atoms with Gasteiger partial charge in [0.1, 0.15) is 23.1 Å². The maximum atomic E-state index is 14.2. The Labute approximate surface area is 340 Å². The zero-order valence-corrected chi connectivity index (χ0v) is 33.4. The average molecular weight is 799 g/mol. The first kappa shape index (κ1) is 41.6. The maximum Gasteiger partial charge on any atom is 0.251 e. The van der Waals surface area contributed by atoms with Gasteiger partial charge in [-0.25, -0.2) is 0 Å². The molecule has 3 aromatic carbocycles. The van der Waals surface area contributed by atoms with E-state index in [0.29, 0.717) is 50.6 Å². The van der Waals surface area contributed by atoms with Crippen molar-refractivity contribution in [1.29, 1.82) is 0 Å². The molecule has 4 bridgehead atoms. The number of thiol groups is 1. The number of aryl methyl sites for hydroxylation is 2. The summed E-state index contributed by atoms with van der Waals surface area (Å²) in [4.78, 5) is 72.4. The first-order chi connectivity index (χ1) is 27.6. The van der Waals surface area contributed by atoms with Gasteiger partial charge in [-0.15, -0.1) is 0 Å². The van der Waals surface area contributed by atoms with E-state index in [4.69, 9.17) is 9.47 Å². The van der Waals surface area contributed by atoms with E-state index in [-0.39, 0.29) is 43.7 Å². The highest BCUT2D eigenvalue weighted by molar-refractivity contribution is 7.82. The van der Waals surface area contributed by atoms with Crippen LogP contribution < -0.4 is 30.9 Å². The molecule has 14 heteroatoms. The first-order valence-corrected chi connectivity index (χ1v) is 20.5. The van der Waals surface area contributed by atoms with Crippen LogP contribution in [0.4, 0.5) is 5.69 Å². The van der Waals surface area contributed by atoms with Gasteiger partial charge >= 0.3 is 0 Å². The van der Waals surface area contributed by atoms with E-state index in [2.05, 4.69) is 38.8 Å². The number of carbonyl (C=O) groups excluding carboxylic acids is 5. The van der Waals surface area contributed by atoms with Gasteiger partial charge < -0.3 is 40.5 Å². The third kappa shape index (κ3) is 11.7. The molecule has 304 valence electrons. The zero-order chi connectivity index (χ0) is 40.1. The van der Waals surface area contributed by atoms with Crippen molar-refractivity contribution in [3.63, 3.8) is 0 Å². The average Bonchev–Trinajstić information content (AvgIpc) is 3.24. The largest absolute Gasteiger partial charge is 0.494 e. The van der Waals surface area contributed by atoms with Gasteiger partial charge in [-0.2, -0.15) is 12.6 Å². The predicted octanol–water partition coefficient (Wildman–Crippen LogP) is 3.19. The van der Waals surface area contributed by atoms with Crippen molar-refractivity contribution >= 4 is 47.9 Å². The van der Waals surface area contributed by atoms with Gasteiger partial charge in [-0.1, -0.05) is 36.4 Å². The van der Waals surface area contributed by atoms with Crippen molar-refractivity contribution in [1.82, 2.24) is 26.2 Å². The Morgan fingerprint density at radius 2 is 1.67 bits per heavy atom. The monoisotopic (exact) mass is 798 g/mol. The van der Waals surface area contributed by atoms with Crippen molar-refractivity contribution < 1.29 is 33.4 Å². The number of hydrogen-bond donors (Lipinski definition) is 5. The number of rotatable bonds is 9. The number of morpholine rings is 1. The van der Waals surface area contributed by atoms with Gasteiger partial charge in [-0.05, 0) is 98.0 Å². The van der Waals surface area contributed by atoms with Crippen LogP contribution in [0.25, 0.3) is 0 Å². The molecule has 57 heavy (non-hydrogen) atoms. The van der Waals surface area contributed by atoms with Crippen molar-refractivity contribution in [2.24, 2.45) is 5.92 Å². The third-order valence-electron chi connectivity index (χ3n) is 10.9. The van der Waals surface area contributed by atoms with E-state index >= 15 is 0 Å². The van der Waals surface area contributed by atoms with E-state index in [1.54, 1.807) is 17.0 Å². The minimum absolute atomic E-state index is 0.00595. The standard InChI is InChI=1S/C43H54N6O7S/c1-29-9-15-35-26-33(29)27-45-41(52)36(16-10-30-6-3-2-4-7-30)46-42(53)38(39(57)43(54)49-20-5-8-31(28-49)18-23-56-35)47-37(50)17-19-44-40(51)32-11-13-34(14-12-32)48-21-24-55-25-22-48/h2-4,6-7,9,11-15,26,31,36,38-39,57H,5,8,10,16-25,27-28H2,1H3,(H,44,51)(H,45,52)(H,46,53)(H,47,50)/t31?,36-,38-,39?/m0/s1. The molecule has 3 aromatic rings. The van der Waals surface area contributed by atoms with Crippen LogP contribution >= 0.6 is 12.6 Å². The topological polar surface area (TPSA) is 158 Å². The van der Waals surface area contributed by atoms with Gasteiger partial charge in [-0.3, -0.25) is 24.0 Å². The molecule has 4 atom stereocenters. The van der Waals surface area contributed by atoms with Gasteiger partial charge in [0.25, 0.3) is 5.91 Å². The molecule has 0 spiro atoms. The smallest absolute Gasteiger partial charge is 0.251 e. The van der Waals surface area contributed by atoms with Crippen LogP contribution in [0.1, 0.15) is 59.2 Å². The zero-order valence-electron chi connectivity index (χ0n) is 32.5. The number of piperidine rings is 1. The second-order valence-electron chi connectivity index (χ2n) is 15.0. The number of ether oxygens (including phenoxy) is 2. The molecular formula is C43H54N6O7S. The molecule has 13 nitrogen and oxygen atoms in total. The molecule has 3 aliphatic rings. The molecule has 5 amide bonds. The number of carbonyl (C=O) groups is 5. The molecule has 2 fully saturated rings. The van der Waals surface area contributed by atoms with Crippen LogP contribution in [0.5, 0.6) is 5.75 Å². The summed E-state index contributed by atoms with van der Waals surface area (Å²) in [5.41, 5.74) is 4.32. The van der Waals surface area contributed by atoms with Crippen molar-refractivity contribution in [3.05, 3.63) is 95.1 Å². The summed E-state index contributed by atoms with van der Waals surface area (Å²) in [5, 5.41) is 10.1. The van der Waals surface area contributed by atoms with Gasteiger partial charge in [0.15, 0.2) is 0 Å². The molecule has 2 saturated heterocycles. The normalized spacial score (nSPS) is 22.2. The highest BCUT2D eigenvalue weighted by Crippen LogP contribution is 2.24. The Kier molecular flexibility index (Phi) is 14.9. The summed E-state index contributed by atoms with van der Waals surface area (Å²) in [6.07, 6.45) is 3.05. The number of anilines is 1. The molecule has 0 aromatic heterocycles. The molecule has 0 aliphatic carbocycles. The lowest BCUT2D eigenvalue weighted by atomic mass is 9.94. The van der Waals surface area contributed by atoms with Crippen molar-refractivity contribution in [2.45, 2.75) is 69.3 Å². The van der Waals surface area contributed by atoms with Crippen LogP contribution in [0.3, 0.4) is 0 Å². The SMILES string of the molecule is Cc1ccc2cc1CNC(=O)[C@H](CCc1ccccc1)NC(=O)[C@@H](NC(=O)CCNC(=O)c1ccc(N3CCOCC3)cc1)C(S)C(=O)N1CCCC(CCO2)C1. The fourth-order valence-electron chi connectivity index (χ4n) is 7.46. The molecule has 6 rings (SSSR count). The number of nitrogens with one attached hydrogen (secondary N) is 4. The summed E-state index contributed by atoms with van der Waals surface area (Å²) >= 11 is 4.67. The Bertz CT molecular complexity index is 1860. The second-order valence-corrected chi connectivity index (χ2v) is 15.5. The highest BCUT2D eigenvalue weighted by Gasteiger charge is 2.38. The molecule has 3 aliphatic heterocycles. The fraction of sp³-hybridized carbons (Fsp3) is 0.465. The van der Waals surface area contributed by atoms with Crippen LogP contribution in [-0.4, -0.2) is 104 Å². The molecular weight excluding hydrogens is 745 g/mol. The quantitative estimate of drug-likeness (QED) is 0.207. The van der Waals surface area contributed by atoms with Gasteiger partial charge in [0.05, 0.1) is 19.8 Å². The van der Waals surface area contributed by atoms with E-state index in [1.165, 1.54) is 0 Å². The summed E-state index contributed by atoms with van der Waals surface area (Å²) in [5.74, 6) is -1.49. The molecule has 0 radical (unpaired) electrons. The summed E-state index contributed by atoms with van der Waals surface area (Å²) in [7, 11) is 0. The van der Waals surface area contributed by atoms with Crippen molar-refractivity contribution in [2.75, 3.05) is 57.4 Å². The van der Waals surface area contributed by atoms with Crippen molar-refractivity contribution in [3.8, 4) is 5.75 Å². The van der Waals surface area contributed by atoms with Crippen LogP contribution in [0.2, 0.25) is 0 Å². The number of amides is 5. The minimum Gasteiger partial charge on any atom is -0.494 e. The lowest BCUT2D eigenvalue weighted by Gasteiger charge is -2.36. The highest BCUT2D eigenvalue weighted by atomic mass is 32.1. The maximum absolute atomic E-state index is 14.2. The van der Waals surface area contributed by atoms with Crippen LogP contribution in [-0.2, 0) is 36.9 Å². The predicted molar refractivity (Wildman–Crippen MR) is 220 cm³/mol. The van der Waals surface area contributed by atoms with E-state index in [0.717, 1.165) is 54.7 Å². The number of benzene rings is 3. The second kappa shape index (κ2) is 20.4. The Balaban J connectivity index is 1.16. The Morgan fingerprint density at radius 1 is 0.895 bits per heavy atom. The van der Waals surface area contributed by atoms with E-state index in [9.17, 15) is 24.0 Å². The van der Waals surface area contributed by atoms with Gasteiger partial charge in [0, 0.05) is 56.9 Å². The van der Waals surface area contributed by atoms with E-state index < -0.39 is 35.1 Å². The van der Waals surface area contributed by atoms with Crippen LogP contribution in [0, 0.1) is 12.8 Å². The lowest BCUT2D eigenvalue weighted by molar-refractivity contribution is -0.137. The molecule has 2 unspecified atom stereocenters. The Hall–Kier alpha value is -5.08. The Morgan fingerprint density at radius 3 is 2.44 bits per heavy atom. The molecule has 4 N–H and O–H groups in total. The third-order valence-corrected chi connectivity index (χ3v) is 11.4. The lowest BCUT2D eigenvalue weighted by Crippen LogP contribution is -2.60. The number of nitrogens with zero attached hydrogens (tertiary/aromatic N) is 2. The van der Waals surface area contributed by atoms with Crippen LogP contribution in [0.15, 0.2) is 72.8 Å². The summed E-state index contributed by atoms with van der Waals surface area (Å²) in [6.45, 7) is 6.49. The summed E-state index contributed by atoms with van der Waals surface area (Å²) < 4.78 is 11.6. The van der Waals surface area contributed by atoms with E-state index in [1.807, 2.05) is 67.6 Å². The first-order valence-electron chi connectivity index (χ1n) is 20.0. The summed E-state index contributed by atoms with van der Waals surface area (Å²) in [6, 6.07) is 20.3. The number of fused-ring (bicyclic) bond motifs is 4.